The van der Waals surface area contributed by atoms with Gasteiger partial charge in [-0.25, -0.2) is 4.79 Å². The smallest absolute Gasteiger partial charge is 0.337 e. The Morgan fingerprint density at radius 3 is 2.64 bits per heavy atom. The maximum Gasteiger partial charge on any atom is 0.337 e. The van der Waals surface area contributed by atoms with Gasteiger partial charge < -0.3 is 9.26 Å². The molecule has 3 aromatic rings. The molecule has 2 aromatic carbocycles. The van der Waals surface area contributed by atoms with Crippen LogP contribution < -0.4 is 0 Å². The van der Waals surface area contributed by atoms with Crippen LogP contribution >= 0.6 is 23.2 Å². The van der Waals surface area contributed by atoms with Gasteiger partial charge in [0.1, 0.15) is 5.03 Å². The molecule has 0 saturated heterocycles. The quantitative estimate of drug-likeness (QED) is 0.606. The van der Waals surface area contributed by atoms with Crippen molar-refractivity contribution in [3.8, 4) is 11.4 Å². The summed E-state index contributed by atoms with van der Waals surface area (Å²) in [7, 11) is 1.33. The molecule has 0 radical (unpaired) electrons. The zero-order valence-electron chi connectivity index (χ0n) is 13.1. The van der Waals surface area contributed by atoms with E-state index in [2.05, 4.69) is 14.9 Å². The zero-order valence-corrected chi connectivity index (χ0v) is 14.6. The molecule has 0 unspecified atom stereocenters. The number of benzene rings is 2. The first kappa shape index (κ1) is 17.2. The van der Waals surface area contributed by atoms with Gasteiger partial charge in [0.2, 0.25) is 5.82 Å². The maximum absolute atomic E-state index is 11.4. The van der Waals surface area contributed by atoms with Gasteiger partial charge in [-0.05, 0) is 35.9 Å². The van der Waals surface area contributed by atoms with Crippen LogP contribution in [0.15, 0.2) is 53.1 Å². The number of aromatic nitrogens is 2. The Bertz CT molecular complexity index is 934. The predicted molar refractivity (Wildman–Crippen MR) is 96.2 cm³/mol. The fourth-order valence-electron chi connectivity index (χ4n) is 2.11. The minimum atomic E-state index is -0.398. The van der Waals surface area contributed by atoms with Crippen LogP contribution in [0.5, 0.6) is 0 Å². The van der Waals surface area contributed by atoms with E-state index in [4.69, 9.17) is 27.7 Å². The second kappa shape index (κ2) is 7.51. The Labute approximate surface area is 153 Å². The lowest BCUT2D eigenvalue weighted by atomic mass is 10.1. The zero-order chi connectivity index (χ0) is 17.8. The van der Waals surface area contributed by atoms with E-state index in [1.807, 2.05) is 6.07 Å². The Morgan fingerprint density at radius 2 is 1.96 bits per heavy atom. The number of halogens is 2. The first-order valence-electron chi connectivity index (χ1n) is 7.22. The van der Waals surface area contributed by atoms with Crippen molar-refractivity contribution in [2.24, 2.45) is 0 Å². The second-order valence-electron chi connectivity index (χ2n) is 5.04. The Kier molecular flexibility index (Phi) is 5.16. The average Bonchev–Trinajstić information content (AvgIpc) is 3.12. The number of ether oxygens (including phenoxy) is 1. The van der Waals surface area contributed by atoms with Crippen molar-refractivity contribution in [1.82, 2.24) is 10.1 Å². The molecule has 0 aliphatic carbocycles. The van der Waals surface area contributed by atoms with Gasteiger partial charge in [-0.1, -0.05) is 52.6 Å². The molecule has 0 aliphatic heterocycles. The number of hydrogen-bond acceptors (Lipinski definition) is 5. The van der Waals surface area contributed by atoms with E-state index in [1.54, 1.807) is 48.5 Å². The third kappa shape index (κ3) is 4.07. The number of methoxy groups -OCH3 is 1. The van der Waals surface area contributed by atoms with Gasteiger partial charge in [0.05, 0.1) is 12.7 Å². The summed E-state index contributed by atoms with van der Waals surface area (Å²) in [6.07, 6.45) is 1.66. The summed E-state index contributed by atoms with van der Waals surface area (Å²) in [6.45, 7) is 0. The molecule has 1 heterocycles. The average molecular weight is 375 g/mol. The first-order chi connectivity index (χ1) is 12.1. The highest BCUT2D eigenvalue weighted by atomic mass is 35.5. The lowest BCUT2D eigenvalue weighted by Gasteiger charge is -1.99. The minimum Gasteiger partial charge on any atom is -0.465 e. The molecule has 0 amide bonds. The van der Waals surface area contributed by atoms with E-state index in [-0.39, 0.29) is 10.9 Å². The van der Waals surface area contributed by atoms with Crippen molar-refractivity contribution in [3.63, 3.8) is 0 Å². The largest absolute Gasteiger partial charge is 0.465 e. The van der Waals surface area contributed by atoms with Crippen molar-refractivity contribution in [2.45, 2.75) is 0 Å². The summed E-state index contributed by atoms with van der Waals surface area (Å²) in [5.41, 5.74) is 1.96. The molecule has 0 spiro atoms. The summed E-state index contributed by atoms with van der Waals surface area (Å²) in [4.78, 5) is 15.7. The van der Waals surface area contributed by atoms with Crippen molar-refractivity contribution in [1.29, 1.82) is 0 Å². The lowest BCUT2D eigenvalue weighted by molar-refractivity contribution is 0.0600. The molecular formula is C18H12Cl2N2O3. The number of esters is 1. The van der Waals surface area contributed by atoms with Gasteiger partial charge >= 0.3 is 5.97 Å². The molecule has 0 fully saturated rings. The first-order valence-corrected chi connectivity index (χ1v) is 7.98. The highest BCUT2D eigenvalue weighted by Gasteiger charge is 2.12. The van der Waals surface area contributed by atoms with Crippen molar-refractivity contribution in [3.05, 3.63) is 70.6 Å². The second-order valence-corrected chi connectivity index (χ2v) is 5.88. The van der Waals surface area contributed by atoms with Gasteiger partial charge in [0.25, 0.3) is 5.89 Å². The molecule has 0 atom stereocenters. The third-order valence-electron chi connectivity index (χ3n) is 3.34. The fourth-order valence-corrected chi connectivity index (χ4v) is 2.50. The Morgan fingerprint density at radius 1 is 1.20 bits per heavy atom. The molecule has 3 rings (SSSR count). The van der Waals surface area contributed by atoms with Gasteiger partial charge in [0, 0.05) is 10.6 Å². The van der Waals surface area contributed by atoms with E-state index in [0.29, 0.717) is 16.4 Å². The van der Waals surface area contributed by atoms with E-state index < -0.39 is 5.97 Å². The van der Waals surface area contributed by atoms with E-state index in [0.717, 1.165) is 11.1 Å². The summed E-state index contributed by atoms with van der Waals surface area (Å²) in [5, 5.41) is 4.77. The number of carbonyl (C=O) groups excluding carboxylic acids is 1. The maximum atomic E-state index is 11.4. The summed E-state index contributed by atoms with van der Waals surface area (Å²) in [6, 6.07) is 13.9. The minimum absolute atomic E-state index is 0.189. The molecule has 126 valence electrons. The van der Waals surface area contributed by atoms with Crippen molar-refractivity contribution >= 4 is 40.3 Å². The molecule has 5 nitrogen and oxygen atoms in total. The predicted octanol–water partition coefficient (Wildman–Crippen LogP) is 4.91. The van der Waals surface area contributed by atoms with Crippen molar-refractivity contribution < 1.29 is 14.1 Å². The fraction of sp³-hybridized carbons (Fsp3) is 0.0556. The van der Waals surface area contributed by atoms with Crippen LogP contribution in [0.2, 0.25) is 5.02 Å². The molecule has 0 saturated carbocycles. The number of rotatable bonds is 4. The van der Waals surface area contributed by atoms with E-state index >= 15 is 0 Å². The van der Waals surface area contributed by atoms with Crippen LogP contribution in [0.4, 0.5) is 0 Å². The monoisotopic (exact) mass is 374 g/mol. The summed E-state index contributed by atoms with van der Waals surface area (Å²) >= 11 is 12.2. The molecule has 0 bridgehead atoms. The van der Waals surface area contributed by atoms with Crippen LogP contribution in [-0.2, 0) is 4.74 Å². The van der Waals surface area contributed by atoms with Crippen LogP contribution in [0, 0.1) is 0 Å². The molecule has 7 heteroatoms. The standard InChI is InChI=1S/C18H12Cl2N2O3/c1-24-18(23)12-7-5-11(6-8-12)9-15(20)17-21-16(22-25-17)13-3-2-4-14(19)10-13/h2-10H,1H3/b15-9-. The molecule has 0 aliphatic rings. The Hall–Kier alpha value is -2.63. The number of hydrogen-bond donors (Lipinski definition) is 0. The summed E-state index contributed by atoms with van der Waals surface area (Å²) in [5.74, 6) is 0.184. The SMILES string of the molecule is COC(=O)c1ccc(/C=C(\Cl)c2nc(-c3cccc(Cl)c3)no2)cc1. The van der Waals surface area contributed by atoms with Crippen LogP contribution in [0.1, 0.15) is 21.8 Å². The summed E-state index contributed by atoms with van der Waals surface area (Å²) < 4.78 is 9.85. The molecular weight excluding hydrogens is 363 g/mol. The van der Waals surface area contributed by atoms with Crippen LogP contribution in [0.25, 0.3) is 22.5 Å². The van der Waals surface area contributed by atoms with Crippen LogP contribution in [0.3, 0.4) is 0 Å². The molecule has 0 N–H and O–H groups in total. The topological polar surface area (TPSA) is 65.2 Å². The number of nitrogens with zero attached hydrogens (tertiary/aromatic N) is 2. The van der Waals surface area contributed by atoms with Crippen molar-refractivity contribution in [2.75, 3.05) is 7.11 Å². The van der Waals surface area contributed by atoms with Crippen LogP contribution in [-0.4, -0.2) is 23.2 Å². The van der Waals surface area contributed by atoms with E-state index in [9.17, 15) is 4.79 Å². The van der Waals surface area contributed by atoms with Gasteiger partial charge in [-0.2, -0.15) is 4.98 Å². The van der Waals surface area contributed by atoms with Gasteiger partial charge in [-0.15, -0.1) is 0 Å². The van der Waals surface area contributed by atoms with Gasteiger partial charge in [0.15, 0.2) is 0 Å². The van der Waals surface area contributed by atoms with Gasteiger partial charge in [-0.3, -0.25) is 0 Å². The Balaban J connectivity index is 1.82. The van der Waals surface area contributed by atoms with E-state index in [1.165, 1.54) is 7.11 Å². The lowest BCUT2D eigenvalue weighted by Crippen LogP contribution is -2.00. The number of carbonyl (C=O) groups is 1. The third-order valence-corrected chi connectivity index (χ3v) is 3.84. The normalized spacial score (nSPS) is 11.4. The highest BCUT2D eigenvalue weighted by Crippen LogP contribution is 2.25. The highest BCUT2D eigenvalue weighted by molar-refractivity contribution is 6.50. The molecule has 1 aromatic heterocycles. The molecule has 25 heavy (non-hydrogen) atoms.